The summed E-state index contributed by atoms with van der Waals surface area (Å²) in [5.74, 6) is -0.199. The lowest BCUT2D eigenvalue weighted by molar-refractivity contribution is 0.102. The fourth-order valence-corrected chi connectivity index (χ4v) is 1.43. The van der Waals surface area contributed by atoms with Crippen molar-refractivity contribution in [1.29, 1.82) is 0 Å². The summed E-state index contributed by atoms with van der Waals surface area (Å²) in [6, 6.07) is 4.81. The first-order chi connectivity index (χ1) is 8.18. The number of carbonyl (C=O) groups is 1. The van der Waals surface area contributed by atoms with E-state index in [2.05, 4.69) is 15.3 Å². The van der Waals surface area contributed by atoms with Gasteiger partial charge >= 0.3 is 0 Å². The molecule has 86 valence electrons. The molecular formula is C12H11N3O2. The Morgan fingerprint density at radius 2 is 2.00 bits per heavy atom. The molecule has 5 heteroatoms. The zero-order valence-electron chi connectivity index (χ0n) is 9.21. The van der Waals surface area contributed by atoms with Gasteiger partial charge in [0.25, 0.3) is 5.91 Å². The van der Waals surface area contributed by atoms with Crippen LogP contribution in [0.4, 0.5) is 5.69 Å². The van der Waals surface area contributed by atoms with Gasteiger partial charge in [0.1, 0.15) is 12.1 Å². The summed E-state index contributed by atoms with van der Waals surface area (Å²) < 4.78 is 0. The second-order valence-electron chi connectivity index (χ2n) is 3.53. The molecule has 0 aliphatic rings. The Hall–Kier alpha value is -2.43. The van der Waals surface area contributed by atoms with E-state index in [1.165, 1.54) is 24.8 Å². The van der Waals surface area contributed by atoms with Crippen LogP contribution in [-0.2, 0) is 0 Å². The summed E-state index contributed by atoms with van der Waals surface area (Å²) in [5, 5.41) is 12.2. The predicted molar refractivity (Wildman–Crippen MR) is 62.8 cm³/mol. The summed E-state index contributed by atoms with van der Waals surface area (Å²) in [6.45, 7) is 1.69. The van der Waals surface area contributed by atoms with E-state index in [1.54, 1.807) is 19.1 Å². The van der Waals surface area contributed by atoms with Crippen LogP contribution in [0.25, 0.3) is 0 Å². The summed E-state index contributed by atoms with van der Waals surface area (Å²) in [6.07, 6.45) is 4.39. The number of hydrogen-bond acceptors (Lipinski definition) is 4. The number of amides is 1. The third-order valence-electron chi connectivity index (χ3n) is 2.37. The highest BCUT2D eigenvalue weighted by atomic mass is 16.3. The second-order valence-corrected chi connectivity index (χ2v) is 3.53. The fourth-order valence-electron chi connectivity index (χ4n) is 1.43. The number of benzene rings is 1. The van der Waals surface area contributed by atoms with Gasteiger partial charge in [-0.25, -0.2) is 9.97 Å². The molecule has 5 nitrogen and oxygen atoms in total. The monoisotopic (exact) mass is 229 g/mol. The van der Waals surface area contributed by atoms with Gasteiger partial charge in [-0.2, -0.15) is 0 Å². The van der Waals surface area contributed by atoms with Crippen molar-refractivity contribution in [2.24, 2.45) is 0 Å². The molecule has 2 N–H and O–H groups in total. The number of rotatable bonds is 2. The van der Waals surface area contributed by atoms with Crippen LogP contribution in [0.3, 0.4) is 0 Å². The minimum atomic E-state index is -0.298. The lowest BCUT2D eigenvalue weighted by Crippen LogP contribution is -2.13. The normalized spacial score (nSPS) is 9.94. The first-order valence-electron chi connectivity index (χ1n) is 5.03. The largest absolute Gasteiger partial charge is 0.508 e. The molecule has 2 aromatic rings. The van der Waals surface area contributed by atoms with Gasteiger partial charge in [-0.1, -0.05) is 6.07 Å². The van der Waals surface area contributed by atoms with Crippen molar-refractivity contribution in [2.75, 3.05) is 5.32 Å². The minimum absolute atomic E-state index is 0.0990. The average Bonchev–Trinajstić information content (AvgIpc) is 2.34. The number of phenolic OH excluding ortho intramolecular Hbond substituents is 1. The van der Waals surface area contributed by atoms with Crippen LogP contribution in [0.1, 0.15) is 15.9 Å². The van der Waals surface area contributed by atoms with Gasteiger partial charge in [-0.3, -0.25) is 4.79 Å². The van der Waals surface area contributed by atoms with Crippen molar-refractivity contribution >= 4 is 11.6 Å². The number of hydrogen-bond donors (Lipinski definition) is 2. The van der Waals surface area contributed by atoms with Crippen LogP contribution < -0.4 is 5.32 Å². The highest BCUT2D eigenvalue weighted by molar-refractivity contribution is 6.05. The van der Waals surface area contributed by atoms with Crippen molar-refractivity contribution in [3.8, 4) is 5.75 Å². The third kappa shape index (κ3) is 2.39. The summed E-state index contributed by atoms with van der Waals surface area (Å²) in [4.78, 5) is 19.5. The number of aromatic nitrogens is 2. The van der Waals surface area contributed by atoms with Crippen LogP contribution >= 0.6 is 0 Å². The van der Waals surface area contributed by atoms with Crippen LogP contribution in [-0.4, -0.2) is 21.0 Å². The highest BCUT2D eigenvalue weighted by Crippen LogP contribution is 2.20. The molecular weight excluding hydrogens is 218 g/mol. The van der Waals surface area contributed by atoms with E-state index in [0.29, 0.717) is 16.8 Å². The molecule has 0 aliphatic carbocycles. The van der Waals surface area contributed by atoms with Crippen molar-refractivity contribution in [2.45, 2.75) is 6.92 Å². The van der Waals surface area contributed by atoms with Gasteiger partial charge in [0.15, 0.2) is 0 Å². The van der Waals surface area contributed by atoms with Gasteiger partial charge in [0, 0.05) is 11.1 Å². The summed E-state index contributed by atoms with van der Waals surface area (Å²) >= 11 is 0. The Balaban J connectivity index is 2.24. The first-order valence-corrected chi connectivity index (χ1v) is 5.03. The van der Waals surface area contributed by atoms with Crippen molar-refractivity contribution in [3.63, 3.8) is 0 Å². The fraction of sp³-hybridized carbons (Fsp3) is 0.0833. The van der Waals surface area contributed by atoms with Gasteiger partial charge in [0.05, 0.1) is 18.1 Å². The molecule has 0 unspecified atom stereocenters. The van der Waals surface area contributed by atoms with Crippen molar-refractivity contribution < 1.29 is 9.90 Å². The molecule has 1 amide bonds. The Bertz CT molecular complexity index is 541. The Morgan fingerprint density at radius 3 is 2.71 bits per heavy atom. The molecule has 1 heterocycles. The second kappa shape index (κ2) is 4.61. The zero-order valence-corrected chi connectivity index (χ0v) is 9.21. The molecule has 0 saturated heterocycles. The van der Waals surface area contributed by atoms with Crippen LogP contribution in [0.5, 0.6) is 5.75 Å². The molecule has 2 rings (SSSR count). The van der Waals surface area contributed by atoms with E-state index >= 15 is 0 Å². The molecule has 1 aromatic carbocycles. The van der Waals surface area contributed by atoms with Gasteiger partial charge in [-0.15, -0.1) is 0 Å². The maximum atomic E-state index is 11.9. The molecule has 0 bridgehead atoms. The van der Waals surface area contributed by atoms with Gasteiger partial charge < -0.3 is 10.4 Å². The summed E-state index contributed by atoms with van der Waals surface area (Å²) in [5.41, 5.74) is 1.48. The molecule has 1 aromatic heterocycles. The van der Waals surface area contributed by atoms with E-state index in [4.69, 9.17) is 0 Å². The quantitative estimate of drug-likeness (QED) is 0.822. The molecule has 0 fully saturated rings. The number of aromatic hydroxyl groups is 1. The zero-order chi connectivity index (χ0) is 12.3. The molecule has 0 radical (unpaired) electrons. The summed E-state index contributed by atoms with van der Waals surface area (Å²) in [7, 11) is 0. The number of carbonyl (C=O) groups excluding carboxylic acids is 1. The average molecular weight is 229 g/mol. The molecule has 0 atom stereocenters. The standard InChI is InChI=1S/C12H11N3O2/c1-8-10(3-2-4-11(8)16)12(17)15-9-5-13-7-14-6-9/h2-7,16H,1H3,(H,15,17). The van der Waals surface area contributed by atoms with Crippen LogP contribution in [0, 0.1) is 6.92 Å². The number of anilines is 1. The lowest BCUT2D eigenvalue weighted by atomic mass is 10.1. The van der Waals surface area contributed by atoms with Crippen molar-refractivity contribution in [1.82, 2.24) is 9.97 Å². The molecule has 0 saturated carbocycles. The van der Waals surface area contributed by atoms with E-state index in [0.717, 1.165) is 0 Å². The number of phenols is 1. The third-order valence-corrected chi connectivity index (χ3v) is 2.37. The van der Waals surface area contributed by atoms with Gasteiger partial charge in [0.2, 0.25) is 0 Å². The molecule has 0 spiro atoms. The first kappa shape index (κ1) is 11.1. The van der Waals surface area contributed by atoms with Crippen LogP contribution in [0.15, 0.2) is 36.9 Å². The van der Waals surface area contributed by atoms with E-state index in [-0.39, 0.29) is 11.7 Å². The maximum Gasteiger partial charge on any atom is 0.256 e. The smallest absolute Gasteiger partial charge is 0.256 e. The van der Waals surface area contributed by atoms with Crippen molar-refractivity contribution in [3.05, 3.63) is 48.0 Å². The van der Waals surface area contributed by atoms with E-state index in [1.807, 2.05) is 0 Å². The highest BCUT2D eigenvalue weighted by Gasteiger charge is 2.11. The number of nitrogens with one attached hydrogen (secondary N) is 1. The molecule has 0 aliphatic heterocycles. The number of nitrogens with zero attached hydrogens (tertiary/aromatic N) is 2. The Kier molecular flexibility index (Phi) is 3.00. The SMILES string of the molecule is Cc1c(O)cccc1C(=O)Nc1cncnc1. The van der Waals surface area contributed by atoms with Gasteiger partial charge in [-0.05, 0) is 19.1 Å². The lowest BCUT2D eigenvalue weighted by Gasteiger charge is -2.07. The van der Waals surface area contributed by atoms with E-state index in [9.17, 15) is 9.90 Å². The van der Waals surface area contributed by atoms with Crippen LogP contribution in [0.2, 0.25) is 0 Å². The van der Waals surface area contributed by atoms with E-state index < -0.39 is 0 Å². The topological polar surface area (TPSA) is 75.1 Å². The maximum absolute atomic E-state index is 11.9. The predicted octanol–water partition coefficient (Wildman–Crippen LogP) is 1.74. The molecule has 17 heavy (non-hydrogen) atoms. The minimum Gasteiger partial charge on any atom is -0.508 e. The Morgan fingerprint density at radius 1 is 1.29 bits per heavy atom. The Labute approximate surface area is 98.2 Å².